The number of aromatic nitrogens is 3. The first-order valence-electron chi connectivity index (χ1n) is 9.23. The van der Waals surface area contributed by atoms with Crippen molar-refractivity contribution < 1.29 is 4.68 Å². The molecule has 0 saturated carbocycles. The van der Waals surface area contributed by atoms with Crippen molar-refractivity contribution in [3.05, 3.63) is 11.6 Å². The lowest BCUT2D eigenvalue weighted by Crippen LogP contribution is -2.42. The molecular weight excluding hydrogens is 274 g/mol. The second kappa shape index (κ2) is 11.5. The molecule has 2 N–H and O–H groups in total. The zero-order valence-electron chi connectivity index (χ0n) is 15.1. The maximum absolute atomic E-state index is 4.86. The number of nitrogens with one attached hydrogen (secondary N) is 2. The maximum atomic E-state index is 4.86. The second-order valence-electron chi connectivity index (χ2n) is 5.93. The van der Waals surface area contributed by atoms with Crippen LogP contribution in [-0.2, 0) is 19.4 Å². The van der Waals surface area contributed by atoms with E-state index in [1.807, 2.05) is 0 Å². The highest BCUT2D eigenvalue weighted by molar-refractivity contribution is 4.95. The molecule has 0 spiro atoms. The van der Waals surface area contributed by atoms with Crippen LogP contribution in [-0.4, -0.2) is 23.0 Å². The summed E-state index contributed by atoms with van der Waals surface area (Å²) in [5.74, 6) is 2.48. The Labute approximate surface area is 136 Å². The van der Waals surface area contributed by atoms with Gasteiger partial charge in [0.25, 0.3) is 5.82 Å². The Morgan fingerprint density at radius 3 is 2.32 bits per heavy atom. The number of aryl methyl sites for hydroxylation is 2. The zero-order chi connectivity index (χ0) is 16.2. The second-order valence-corrected chi connectivity index (χ2v) is 5.93. The molecule has 0 aliphatic rings. The van der Waals surface area contributed by atoms with Crippen molar-refractivity contribution in [2.75, 3.05) is 18.6 Å². The van der Waals surface area contributed by atoms with E-state index in [0.29, 0.717) is 0 Å². The molecule has 0 saturated heterocycles. The average molecular weight is 311 g/mol. The molecule has 0 unspecified atom stereocenters. The van der Waals surface area contributed by atoms with Gasteiger partial charge in [-0.25, -0.2) is 5.43 Å². The summed E-state index contributed by atoms with van der Waals surface area (Å²) in [5, 5.41) is 8.32. The predicted octanol–water partition coefficient (Wildman–Crippen LogP) is 2.77. The quantitative estimate of drug-likeness (QED) is 0.334. The Bertz CT molecular complexity index is 400. The van der Waals surface area contributed by atoms with Gasteiger partial charge in [0.1, 0.15) is 13.2 Å². The first-order chi connectivity index (χ1) is 10.8. The van der Waals surface area contributed by atoms with E-state index in [4.69, 9.17) is 5.10 Å². The van der Waals surface area contributed by atoms with E-state index in [1.165, 1.54) is 37.3 Å². The van der Waals surface area contributed by atoms with Crippen LogP contribution in [0.1, 0.15) is 77.9 Å². The van der Waals surface area contributed by atoms with Gasteiger partial charge in [0.2, 0.25) is 0 Å². The van der Waals surface area contributed by atoms with E-state index >= 15 is 0 Å². The van der Waals surface area contributed by atoms with Crippen LogP contribution < -0.4 is 15.4 Å². The highest BCUT2D eigenvalue weighted by atomic mass is 15.5. The lowest BCUT2D eigenvalue weighted by molar-refractivity contribution is -0.759. The van der Waals surface area contributed by atoms with Crippen LogP contribution in [0.3, 0.4) is 0 Å². The Kier molecular flexibility index (Phi) is 9.87. The van der Waals surface area contributed by atoms with E-state index < -0.39 is 0 Å². The van der Waals surface area contributed by atoms with Gasteiger partial charge >= 0.3 is 5.82 Å². The molecule has 0 aliphatic carbocycles. The van der Waals surface area contributed by atoms with Crippen LogP contribution in [0.25, 0.3) is 0 Å². The summed E-state index contributed by atoms with van der Waals surface area (Å²) < 4.78 is 4.46. The predicted molar refractivity (Wildman–Crippen MR) is 92.5 cm³/mol. The summed E-state index contributed by atoms with van der Waals surface area (Å²) in [4.78, 5) is 0. The van der Waals surface area contributed by atoms with Crippen molar-refractivity contribution >= 4 is 0 Å². The fourth-order valence-electron chi connectivity index (χ4n) is 2.55. The van der Waals surface area contributed by atoms with Crippen LogP contribution in [0.15, 0.2) is 0 Å². The molecule has 0 aliphatic heterocycles. The smallest absolute Gasteiger partial charge is 0.297 e. The fourth-order valence-corrected chi connectivity index (χ4v) is 2.55. The van der Waals surface area contributed by atoms with Gasteiger partial charge in [-0.3, -0.25) is 5.32 Å². The molecule has 0 amide bonds. The van der Waals surface area contributed by atoms with Crippen LogP contribution >= 0.6 is 0 Å². The zero-order valence-corrected chi connectivity index (χ0v) is 15.1. The van der Waals surface area contributed by atoms with Crippen molar-refractivity contribution in [2.45, 2.75) is 85.6 Å². The number of unbranched alkanes of at least 4 members (excludes halogenated alkanes) is 2. The molecule has 0 fully saturated rings. The van der Waals surface area contributed by atoms with Crippen molar-refractivity contribution in [1.29, 1.82) is 0 Å². The molecule has 5 heteroatoms. The van der Waals surface area contributed by atoms with E-state index in [2.05, 4.69) is 47.8 Å². The summed E-state index contributed by atoms with van der Waals surface area (Å²) in [7, 11) is 0. The van der Waals surface area contributed by atoms with E-state index in [0.717, 1.165) is 45.4 Å². The molecule has 0 atom stereocenters. The summed E-state index contributed by atoms with van der Waals surface area (Å²) in [6.45, 7) is 11.8. The molecular formula is C17H36N5+. The third-order valence-corrected chi connectivity index (χ3v) is 3.79. The molecule has 5 nitrogen and oxygen atoms in total. The lowest BCUT2D eigenvalue weighted by Gasteiger charge is -2.07. The summed E-state index contributed by atoms with van der Waals surface area (Å²) in [5.41, 5.74) is 3.53. The largest absolute Gasteiger partial charge is 0.302 e. The minimum Gasteiger partial charge on any atom is -0.297 e. The van der Waals surface area contributed by atoms with Crippen molar-refractivity contribution in [3.63, 3.8) is 0 Å². The summed E-state index contributed by atoms with van der Waals surface area (Å²) in [6.07, 6.45) is 9.23. The van der Waals surface area contributed by atoms with Gasteiger partial charge in [0, 0.05) is 6.42 Å². The number of nitrogens with zero attached hydrogens (tertiary/aromatic N) is 3. The Balaban J connectivity index is 2.80. The van der Waals surface area contributed by atoms with Gasteiger partial charge in [-0.05, 0) is 37.3 Å². The number of hydrogen-bond acceptors (Lipinski definition) is 3. The maximum Gasteiger partial charge on any atom is 0.302 e. The van der Waals surface area contributed by atoms with Gasteiger partial charge in [-0.2, -0.15) is 0 Å². The first-order valence-corrected chi connectivity index (χ1v) is 9.23. The van der Waals surface area contributed by atoms with Gasteiger partial charge in [0.15, 0.2) is 0 Å². The third kappa shape index (κ3) is 5.95. The van der Waals surface area contributed by atoms with Crippen molar-refractivity contribution in [3.8, 4) is 0 Å². The Morgan fingerprint density at radius 1 is 0.955 bits per heavy atom. The summed E-state index contributed by atoms with van der Waals surface area (Å²) in [6, 6.07) is 0. The number of rotatable bonds is 13. The van der Waals surface area contributed by atoms with E-state index in [1.54, 1.807) is 0 Å². The minimum atomic E-state index is 0.803. The summed E-state index contributed by atoms with van der Waals surface area (Å²) >= 11 is 0. The third-order valence-electron chi connectivity index (χ3n) is 3.79. The Hall–Kier alpha value is -1.10. The average Bonchev–Trinajstić information content (AvgIpc) is 2.83. The lowest BCUT2D eigenvalue weighted by atomic mass is 10.3. The highest BCUT2D eigenvalue weighted by Crippen LogP contribution is 2.05. The molecule has 22 heavy (non-hydrogen) atoms. The topological polar surface area (TPSA) is 45.8 Å². The van der Waals surface area contributed by atoms with Crippen molar-refractivity contribution in [1.82, 2.24) is 15.1 Å². The van der Waals surface area contributed by atoms with Crippen LogP contribution in [0.4, 0.5) is 0 Å². The van der Waals surface area contributed by atoms with Crippen LogP contribution in [0.2, 0.25) is 0 Å². The number of hydrogen-bond donors (Lipinski definition) is 2. The molecule has 1 rings (SSSR count). The molecule has 1 heterocycles. The standard InChI is InChI=1S/C17H36N5/c1-5-9-13-18-15-19-22-16(11-7-3)20-21(14-10-6-2)17(22)12-8-4/h18-19H,5-15H2,1-4H3/q+1. The normalized spacial score (nSPS) is 11.1. The SMILES string of the molecule is CCCCNCNn1c(CCC)n[n+](CCCC)c1CCC. The van der Waals surface area contributed by atoms with Gasteiger partial charge in [-0.15, -0.1) is 9.36 Å². The monoisotopic (exact) mass is 310 g/mol. The molecule has 0 radical (unpaired) electrons. The highest BCUT2D eigenvalue weighted by Gasteiger charge is 2.24. The van der Waals surface area contributed by atoms with Crippen LogP contribution in [0, 0.1) is 0 Å². The molecule has 1 aromatic rings. The van der Waals surface area contributed by atoms with E-state index in [-0.39, 0.29) is 0 Å². The molecule has 128 valence electrons. The minimum absolute atomic E-state index is 0.803. The fraction of sp³-hybridized carbons (Fsp3) is 0.882. The van der Waals surface area contributed by atoms with Crippen LogP contribution in [0.5, 0.6) is 0 Å². The van der Waals surface area contributed by atoms with E-state index in [9.17, 15) is 0 Å². The van der Waals surface area contributed by atoms with Crippen molar-refractivity contribution in [2.24, 2.45) is 0 Å². The first kappa shape index (κ1) is 18.9. The Morgan fingerprint density at radius 2 is 1.68 bits per heavy atom. The van der Waals surface area contributed by atoms with Gasteiger partial charge < -0.3 is 0 Å². The molecule has 1 aromatic heterocycles. The molecule has 0 bridgehead atoms. The molecule has 0 aromatic carbocycles. The van der Waals surface area contributed by atoms with Gasteiger partial charge in [0.05, 0.1) is 6.42 Å². The van der Waals surface area contributed by atoms with Gasteiger partial charge in [-0.1, -0.05) is 40.5 Å².